The number of amides is 1. The zero-order chi connectivity index (χ0) is 19.5. The lowest BCUT2D eigenvalue weighted by Gasteiger charge is -2.28. The Morgan fingerprint density at radius 3 is 2.39 bits per heavy atom. The lowest BCUT2D eigenvalue weighted by Crippen LogP contribution is -2.43. The number of fused-ring (bicyclic) bond motifs is 1. The highest BCUT2D eigenvalue weighted by Crippen LogP contribution is 2.56. The minimum atomic E-state index is -3.69. The van der Waals surface area contributed by atoms with Gasteiger partial charge in [-0.05, 0) is 67.0 Å². The number of para-hydroxylation sites is 1. The van der Waals surface area contributed by atoms with Crippen LogP contribution in [0.5, 0.6) is 0 Å². The highest BCUT2D eigenvalue weighted by molar-refractivity contribution is 7.89. The predicted octanol–water partition coefficient (Wildman–Crippen LogP) is 2.33. The minimum absolute atomic E-state index is 0.167. The average molecular weight is 398 g/mol. The maximum absolute atomic E-state index is 13.2. The third kappa shape index (κ3) is 2.69. The Kier molecular flexibility index (Phi) is 4.08. The maximum Gasteiger partial charge on any atom is 0.255 e. The van der Waals surface area contributed by atoms with E-state index in [9.17, 15) is 18.3 Å². The summed E-state index contributed by atoms with van der Waals surface area (Å²) in [6.45, 7) is 0.488. The average Bonchev–Trinajstić information content (AvgIpc) is 3.32. The molecular formula is C21H22N2O4S. The van der Waals surface area contributed by atoms with Crippen LogP contribution in [-0.4, -0.2) is 42.4 Å². The molecule has 2 N–H and O–H groups in total. The molecule has 1 amide bonds. The lowest BCUT2D eigenvalue weighted by molar-refractivity contribution is 0.0731. The summed E-state index contributed by atoms with van der Waals surface area (Å²) >= 11 is 0. The first-order valence-electron chi connectivity index (χ1n) is 9.61. The van der Waals surface area contributed by atoms with Crippen molar-refractivity contribution in [2.75, 3.05) is 11.9 Å². The van der Waals surface area contributed by atoms with E-state index in [2.05, 4.69) is 5.32 Å². The number of rotatable bonds is 4. The van der Waals surface area contributed by atoms with E-state index in [0.29, 0.717) is 23.7 Å². The number of sulfonamides is 1. The molecule has 5 rings (SSSR count). The van der Waals surface area contributed by atoms with Crippen molar-refractivity contribution >= 4 is 21.6 Å². The summed E-state index contributed by atoms with van der Waals surface area (Å²) in [6, 6.07) is 14.8. The Morgan fingerprint density at radius 2 is 1.71 bits per heavy atom. The first-order valence-corrected chi connectivity index (χ1v) is 11.1. The van der Waals surface area contributed by atoms with Gasteiger partial charge in [-0.25, -0.2) is 8.42 Å². The van der Waals surface area contributed by atoms with Crippen LogP contribution in [0.1, 0.15) is 23.2 Å². The summed E-state index contributed by atoms with van der Waals surface area (Å²) in [5.41, 5.74) is 1.08. The van der Waals surface area contributed by atoms with Crippen LogP contribution in [0.4, 0.5) is 5.69 Å². The van der Waals surface area contributed by atoms with Crippen molar-refractivity contribution < 1.29 is 18.3 Å². The fourth-order valence-electron chi connectivity index (χ4n) is 5.27. The van der Waals surface area contributed by atoms with E-state index < -0.39 is 16.1 Å². The molecule has 1 saturated heterocycles. The van der Waals surface area contributed by atoms with Crippen molar-refractivity contribution in [2.24, 2.45) is 17.8 Å². The minimum Gasteiger partial charge on any atom is -0.391 e. The van der Waals surface area contributed by atoms with Gasteiger partial charge in [0.25, 0.3) is 5.91 Å². The zero-order valence-corrected chi connectivity index (χ0v) is 16.0. The van der Waals surface area contributed by atoms with Gasteiger partial charge in [-0.2, -0.15) is 4.31 Å². The number of anilines is 1. The number of carbonyl (C=O) groups excluding carboxylic acids is 1. The van der Waals surface area contributed by atoms with Crippen LogP contribution in [0.15, 0.2) is 59.5 Å². The van der Waals surface area contributed by atoms with E-state index >= 15 is 0 Å². The molecule has 0 spiro atoms. The van der Waals surface area contributed by atoms with Gasteiger partial charge in [0.1, 0.15) is 0 Å². The Bertz CT molecular complexity index is 1000. The molecule has 5 unspecified atom stereocenters. The summed E-state index contributed by atoms with van der Waals surface area (Å²) in [5.74, 6) is 0.600. The molecule has 146 valence electrons. The van der Waals surface area contributed by atoms with Crippen LogP contribution in [0, 0.1) is 17.8 Å². The van der Waals surface area contributed by atoms with Gasteiger partial charge < -0.3 is 10.4 Å². The summed E-state index contributed by atoms with van der Waals surface area (Å²) in [7, 11) is -3.69. The largest absolute Gasteiger partial charge is 0.391 e. The fourth-order valence-corrected chi connectivity index (χ4v) is 7.01. The third-order valence-electron chi connectivity index (χ3n) is 6.56. The van der Waals surface area contributed by atoms with Crippen molar-refractivity contribution in [3.63, 3.8) is 0 Å². The van der Waals surface area contributed by atoms with E-state index in [1.54, 1.807) is 12.1 Å². The van der Waals surface area contributed by atoms with E-state index in [4.69, 9.17) is 0 Å². The van der Waals surface area contributed by atoms with Gasteiger partial charge in [-0.15, -0.1) is 0 Å². The number of nitrogens with zero attached hydrogens (tertiary/aromatic N) is 1. The molecule has 5 atom stereocenters. The van der Waals surface area contributed by atoms with Gasteiger partial charge in [-0.1, -0.05) is 18.2 Å². The van der Waals surface area contributed by atoms with Gasteiger partial charge in [0.2, 0.25) is 10.0 Å². The molecule has 1 aliphatic heterocycles. The molecule has 2 aromatic rings. The number of benzene rings is 2. The van der Waals surface area contributed by atoms with Gasteiger partial charge in [0.15, 0.2) is 0 Å². The number of hydrogen-bond donors (Lipinski definition) is 2. The molecule has 6 nitrogen and oxygen atoms in total. The van der Waals surface area contributed by atoms with Gasteiger partial charge in [0.05, 0.1) is 17.0 Å². The van der Waals surface area contributed by atoms with E-state index in [-0.39, 0.29) is 28.7 Å². The van der Waals surface area contributed by atoms with Gasteiger partial charge in [-0.3, -0.25) is 4.79 Å². The van der Waals surface area contributed by atoms with Gasteiger partial charge >= 0.3 is 0 Å². The van der Waals surface area contributed by atoms with E-state index in [1.165, 1.54) is 28.6 Å². The molecule has 2 aromatic carbocycles. The SMILES string of the molecule is O=C(Nc1ccccc1)c1ccc(S(=O)(=O)N2CC3CC4CC3C2C4O)cc1. The molecule has 2 bridgehead atoms. The Balaban J connectivity index is 1.36. The standard InChI is InChI=1S/C21H22N2O4S/c24-20-14-10-15-12-23(19(20)18(15)11-14)28(26,27)17-8-6-13(7-9-17)21(25)22-16-4-2-1-3-5-16/h1-9,14-15,18-20,24H,10-12H2,(H,22,25). The molecule has 0 aromatic heterocycles. The van der Waals surface area contributed by atoms with E-state index in [0.717, 1.165) is 12.8 Å². The molecule has 3 aliphatic rings. The number of hydrogen-bond acceptors (Lipinski definition) is 4. The van der Waals surface area contributed by atoms with Gasteiger partial charge in [0, 0.05) is 17.8 Å². The monoisotopic (exact) mass is 398 g/mol. The second-order valence-electron chi connectivity index (χ2n) is 8.06. The molecule has 28 heavy (non-hydrogen) atoms. The van der Waals surface area contributed by atoms with Crippen molar-refractivity contribution in [3.05, 3.63) is 60.2 Å². The van der Waals surface area contributed by atoms with Crippen molar-refractivity contribution in [3.8, 4) is 0 Å². The van der Waals surface area contributed by atoms with Crippen molar-refractivity contribution in [2.45, 2.75) is 29.9 Å². The third-order valence-corrected chi connectivity index (χ3v) is 8.44. The highest BCUT2D eigenvalue weighted by atomic mass is 32.2. The number of nitrogens with one attached hydrogen (secondary N) is 1. The smallest absolute Gasteiger partial charge is 0.255 e. The molecule has 2 aliphatic carbocycles. The molecule has 7 heteroatoms. The van der Waals surface area contributed by atoms with Crippen LogP contribution in [0.2, 0.25) is 0 Å². The molecule has 0 radical (unpaired) electrons. The predicted molar refractivity (Wildman–Crippen MR) is 104 cm³/mol. The normalized spacial score (nSPS) is 31.2. The zero-order valence-electron chi connectivity index (χ0n) is 15.2. The van der Waals surface area contributed by atoms with Crippen LogP contribution >= 0.6 is 0 Å². The summed E-state index contributed by atoms with van der Waals surface area (Å²) in [6.07, 6.45) is 1.29. The van der Waals surface area contributed by atoms with Crippen LogP contribution in [0.25, 0.3) is 0 Å². The Labute approximate surface area is 164 Å². The van der Waals surface area contributed by atoms with E-state index in [1.807, 2.05) is 18.2 Å². The number of carbonyl (C=O) groups is 1. The second kappa shape index (κ2) is 6.40. The molecular weight excluding hydrogens is 376 g/mol. The first-order chi connectivity index (χ1) is 13.4. The maximum atomic E-state index is 13.2. The summed E-state index contributed by atoms with van der Waals surface area (Å²) in [5, 5.41) is 13.3. The fraction of sp³-hybridized carbons (Fsp3) is 0.381. The number of aliphatic hydroxyl groups excluding tert-OH is 1. The molecule has 2 saturated carbocycles. The van der Waals surface area contributed by atoms with Crippen LogP contribution in [-0.2, 0) is 10.0 Å². The summed E-state index contributed by atoms with van der Waals surface area (Å²) < 4.78 is 27.8. The highest BCUT2D eigenvalue weighted by Gasteiger charge is 2.61. The summed E-state index contributed by atoms with van der Waals surface area (Å²) in [4.78, 5) is 12.5. The van der Waals surface area contributed by atoms with Crippen LogP contribution < -0.4 is 5.32 Å². The molecule has 1 heterocycles. The lowest BCUT2D eigenvalue weighted by atomic mass is 9.88. The number of aliphatic hydroxyl groups is 1. The second-order valence-corrected chi connectivity index (χ2v) is 9.95. The topological polar surface area (TPSA) is 86.7 Å². The Hall–Kier alpha value is -2.22. The Morgan fingerprint density at radius 1 is 1.00 bits per heavy atom. The van der Waals surface area contributed by atoms with Crippen molar-refractivity contribution in [1.82, 2.24) is 4.31 Å². The quantitative estimate of drug-likeness (QED) is 0.828. The first kappa shape index (κ1) is 17.8. The van der Waals surface area contributed by atoms with Crippen molar-refractivity contribution in [1.29, 1.82) is 0 Å². The van der Waals surface area contributed by atoms with Crippen LogP contribution in [0.3, 0.4) is 0 Å². The molecule has 3 fully saturated rings.